The van der Waals surface area contributed by atoms with Gasteiger partial charge in [0.05, 0.1) is 12.6 Å². The predicted molar refractivity (Wildman–Crippen MR) is 91.0 cm³/mol. The molecule has 0 aliphatic carbocycles. The van der Waals surface area contributed by atoms with E-state index in [1.807, 2.05) is 0 Å². The molecule has 0 radical (unpaired) electrons. The molecule has 1 aromatic heterocycles. The summed E-state index contributed by atoms with van der Waals surface area (Å²) >= 11 is 0. The number of aliphatic hydroxyl groups is 1. The molecule has 1 aliphatic heterocycles. The molecule has 146 valence electrons. The summed E-state index contributed by atoms with van der Waals surface area (Å²) in [5.74, 6) is 0. The van der Waals surface area contributed by atoms with Crippen molar-refractivity contribution in [3.8, 4) is 0 Å². The van der Waals surface area contributed by atoms with E-state index in [-0.39, 0.29) is 26.2 Å². The third-order valence-electron chi connectivity index (χ3n) is 3.80. The van der Waals surface area contributed by atoms with Crippen molar-refractivity contribution >= 4 is 6.16 Å². The van der Waals surface area contributed by atoms with Crippen LogP contribution in [0.2, 0.25) is 0 Å². The molecule has 0 bridgehead atoms. The Balaban J connectivity index is 2.02. The highest BCUT2D eigenvalue weighted by Crippen LogP contribution is 2.30. The van der Waals surface area contributed by atoms with Crippen molar-refractivity contribution in [2.45, 2.75) is 31.7 Å². The molecule has 1 aliphatic rings. The van der Waals surface area contributed by atoms with Gasteiger partial charge in [0.15, 0.2) is 0 Å². The van der Waals surface area contributed by atoms with Crippen LogP contribution in [0.5, 0.6) is 0 Å². The number of aromatic amines is 1. The van der Waals surface area contributed by atoms with Crippen molar-refractivity contribution < 1.29 is 24.1 Å². The van der Waals surface area contributed by atoms with Crippen molar-refractivity contribution in [1.82, 2.24) is 9.55 Å². The first kappa shape index (κ1) is 20.2. The Morgan fingerprint density at radius 2 is 2.30 bits per heavy atom. The number of aryl methyl sites for hydroxylation is 1. The topological polar surface area (TPSA) is 169 Å². The van der Waals surface area contributed by atoms with Gasteiger partial charge in [-0.2, -0.15) is 0 Å². The van der Waals surface area contributed by atoms with Crippen LogP contribution in [0.4, 0.5) is 4.79 Å². The van der Waals surface area contributed by atoms with Gasteiger partial charge in [0, 0.05) is 23.1 Å². The number of aliphatic hydroxyl groups excluding tert-OH is 1. The number of rotatable bonds is 7. The molecule has 3 atom stereocenters. The zero-order valence-corrected chi connectivity index (χ0v) is 14.5. The average molecular weight is 381 g/mol. The van der Waals surface area contributed by atoms with E-state index in [4.69, 9.17) is 24.8 Å². The van der Waals surface area contributed by atoms with Crippen molar-refractivity contribution in [3.05, 3.63) is 55.2 Å². The Bertz CT molecular complexity index is 855. The van der Waals surface area contributed by atoms with Crippen LogP contribution in [0.25, 0.3) is 10.4 Å². The van der Waals surface area contributed by atoms with Gasteiger partial charge in [-0.1, -0.05) is 11.2 Å². The maximum atomic E-state index is 12.0. The van der Waals surface area contributed by atoms with Gasteiger partial charge in [-0.05, 0) is 18.5 Å². The van der Waals surface area contributed by atoms with E-state index in [0.717, 1.165) is 0 Å². The van der Waals surface area contributed by atoms with Crippen LogP contribution in [0, 0.1) is 6.92 Å². The Morgan fingerprint density at radius 1 is 1.52 bits per heavy atom. The molecule has 1 aromatic rings. The lowest BCUT2D eigenvalue weighted by molar-refractivity contribution is -0.0410. The number of ether oxygens (including phenoxy) is 3. The quantitative estimate of drug-likeness (QED) is 0.228. The Hall–Kier alpha value is -3.08. The standard InChI is InChI=1S/C15H19N5O7/c1-9-7-20(14(23)17-13(9)22)12-6-10(18-19-16)11(27-12)8-26-15(24)25-5-3-2-4-21/h2-3,7,10-12,21H,4-6,8H2,1H3,(H,17,22,23)/b3-2+/t10?,11-,12-/m1/s1. The fourth-order valence-electron chi connectivity index (χ4n) is 2.47. The van der Waals surface area contributed by atoms with Crippen LogP contribution in [0.15, 0.2) is 33.1 Å². The van der Waals surface area contributed by atoms with E-state index in [2.05, 4.69) is 15.0 Å². The minimum Gasteiger partial charge on any atom is -0.432 e. The van der Waals surface area contributed by atoms with Crippen molar-refractivity contribution in [2.75, 3.05) is 19.8 Å². The van der Waals surface area contributed by atoms with Gasteiger partial charge in [-0.25, -0.2) is 9.59 Å². The molecule has 1 fully saturated rings. The second-order valence-electron chi connectivity index (χ2n) is 5.64. The van der Waals surface area contributed by atoms with Gasteiger partial charge in [0.1, 0.15) is 25.5 Å². The molecular weight excluding hydrogens is 362 g/mol. The summed E-state index contributed by atoms with van der Waals surface area (Å²) < 4.78 is 16.5. The smallest absolute Gasteiger partial charge is 0.432 e. The summed E-state index contributed by atoms with van der Waals surface area (Å²) in [5.41, 5.74) is 7.86. The lowest BCUT2D eigenvalue weighted by atomic mass is 10.1. The lowest BCUT2D eigenvalue weighted by Crippen LogP contribution is -2.33. The van der Waals surface area contributed by atoms with Gasteiger partial charge in [0.2, 0.25) is 0 Å². The first-order valence-corrected chi connectivity index (χ1v) is 8.03. The van der Waals surface area contributed by atoms with Crippen LogP contribution in [0.3, 0.4) is 0 Å². The number of carbonyl (C=O) groups is 1. The zero-order chi connectivity index (χ0) is 19.8. The van der Waals surface area contributed by atoms with E-state index in [0.29, 0.717) is 5.56 Å². The number of hydrogen-bond acceptors (Lipinski definition) is 8. The van der Waals surface area contributed by atoms with Crippen LogP contribution < -0.4 is 11.2 Å². The second-order valence-corrected chi connectivity index (χ2v) is 5.64. The maximum absolute atomic E-state index is 12.0. The largest absolute Gasteiger partial charge is 0.508 e. The molecule has 12 heteroatoms. The highest BCUT2D eigenvalue weighted by Gasteiger charge is 2.37. The van der Waals surface area contributed by atoms with E-state index in [1.54, 1.807) is 0 Å². The zero-order valence-electron chi connectivity index (χ0n) is 14.5. The average Bonchev–Trinajstić information content (AvgIpc) is 3.03. The number of nitrogens with zero attached hydrogens (tertiary/aromatic N) is 4. The van der Waals surface area contributed by atoms with Gasteiger partial charge in [-0.3, -0.25) is 14.3 Å². The number of azide groups is 1. The van der Waals surface area contributed by atoms with Crippen LogP contribution in [-0.4, -0.2) is 52.8 Å². The minimum absolute atomic E-state index is 0.0701. The third kappa shape index (κ3) is 5.45. The fourth-order valence-corrected chi connectivity index (χ4v) is 2.47. The second kappa shape index (κ2) is 9.57. The van der Waals surface area contributed by atoms with Crippen molar-refractivity contribution in [2.24, 2.45) is 5.11 Å². The summed E-state index contributed by atoms with van der Waals surface area (Å²) in [6, 6.07) is -0.679. The van der Waals surface area contributed by atoms with Crippen molar-refractivity contribution in [1.29, 1.82) is 0 Å². The number of aromatic nitrogens is 2. The van der Waals surface area contributed by atoms with Crippen LogP contribution in [0.1, 0.15) is 18.2 Å². The Kier molecular flexibility index (Phi) is 7.17. The van der Waals surface area contributed by atoms with Gasteiger partial charge < -0.3 is 19.3 Å². The summed E-state index contributed by atoms with van der Waals surface area (Å²) in [5, 5.41) is 12.2. The summed E-state index contributed by atoms with van der Waals surface area (Å²) in [6.45, 7) is 1.04. The molecule has 0 aromatic carbocycles. The molecule has 2 N–H and O–H groups in total. The normalized spacial score (nSPS) is 21.8. The lowest BCUT2D eigenvalue weighted by Gasteiger charge is -2.16. The summed E-state index contributed by atoms with van der Waals surface area (Å²) in [7, 11) is 0. The van der Waals surface area contributed by atoms with Gasteiger partial charge in [0.25, 0.3) is 5.56 Å². The molecular formula is C15H19N5O7. The molecule has 2 heterocycles. The molecule has 1 unspecified atom stereocenters. The van der Waals surface area contributed by atoms with E-state index < -0.39 is 35.8 Å². The minimum atomic E-state index is -0.957. The number of nitrogens with one attached hydrogen (secondary N) is 1. The molecule has 1 saturated heterocycles. The Labute approximate surface area is 152 Å². The predicted octanol–water partition coefficient (Wildman–Crippen LogP) is 0.513. The molecule has 2 rings (SSSR count). The number of H-pyrrole nitrogens is 1. The maximum Gasteiger partial charge on any atom is 0.508 e. The SMILES string of the molecule is Cc1cn([C@H]2CC(N=[N+]=[N-])[C@@H](COC(=O)OC/C=C/CO)O2)c(=O)[nH]c1=O. The summed E-state index contributed by atoms with van der Waals surface area (Å²) in [4.78, 5) is 39.9. The third-order valence-corrected chi connectivity index (χ3v) is 3.80. The first-order chi connectivity index (χ1) is 13.0. The van der Waals surface area contributed by atoms with E-state index in [1.165, 1.54) is 29.8 Å². The molecule has 27 heavy (non-hydrogen) atoms. The monoisotopic (exact) mass is 381 g/mol. The van der Waals surface area contributed by atoms with E-state index >= 15 is 0 Å². The molecule has 0 saturated carbocycles. The van der Waals surface area contributed by atoms with Crippen LogP contribution in [-0.2, 0) is 14.2 Å². The summed E-state index contributed by atoms with van der Waals surface area (Å²) in [6.07, 6.45) is 1.82. The molecule has 0 spiro atoms. The first-order valence-electron chi connectivity index (χ1n) is 8.03. The van der Waals surface area contributed by atoms with Crippen molar-refractivity contribution in [3.63, 3.8) is 0 Å². The highest BCUT2D eigenvalue weighted by atomic mass is 16.7. The van der Waals surface area contributed by atoms with Crippen LogP contribution >= 0.6 is 0 Å². The molecule has 0 amide bonds. The number of carbonyl (C=O) groups excluding carboxylic acids is 1. The number of hydrogen-bond donors (Lipinski definition) is 2. The highest BCUT2D eigenvalue weighted by molar-refractivity contribution is 5.60. The van der Waals surface area contributed by atoms with E-state index in [9.17, 15) is 14.4 Å². The Morgan fingerprint density at radius 3 is 3.00 bits per heavy atom. The van der Waals surface area contributed by atoms with Gasteiger partial charge in [-0.15, -0.1) is 0 Å². The fraction of sp³-hybridized carbons (Fsp3) is 0.533. The molecule has 12 nitrogen and oxygen atoms in total. The van der Waals surface area contributed by atoms with Gasteiger partial charge >= 0.3 is 11.8 Å².